The molecule has 1 aliphatic carbocycles. The van der Waals surface area contributed by atoms with Crippen molar-refractivity contribution < 1.29 is 13.2 Å². The van der Waals surface area contributed by atoms with Crippen LogP contribution in [0.3, 0.4) is 0 Å². The van der Waals surface area contributed by atoms with Crippen LogP contribution in [0.4, 0.5) is 0 Å². The molecule has 3 rings (SSSR count). The van der Waals surface area contributed by atoms with Crippen molar-refractivity contribution in [3.05, 3.63) is 47.3 Å². The predicted octanol–water partition coefficient (Wildman–Crippen LogP) is 3.75. The second-order valence-corrected chi connectivity index (χ2v) is 10.8. The number of aromatic nitrogens is 2. The molecule has 0 radical (unpaired) electrons. The summed E-state index contributed by atoms with van der Waals surface area (Å²) in [5.41, 5.74) is 2.29. The quantitative estimate of drug-likeness (QED) is 0.762. The lowest BCUT2D eigenvalue weighted by molar-refractivity contribution is 0.0735. The van der Waals surface area contributed by atoms with E-state index in [2.05, 4.69) is 25.9 Å². The lowest BCUT2D eigenvalue weighted by Gasteiger charge is -2.25. The zero-order chi connectivity index (χ0) is 20.9. The zero-order valence-corrected chi connectivity index (χ0v) is 18.2. The van der Waals surface area contributed by atoms with Crippen molar-refractivity contribution in [2.45, 2.75) is 62.9 Å². The van der Waals surface area contributed by atoms with Gasteiger partial charge in [-0.15, -0.1) is 0 Å². The Bertz CT molecular complexity index is 981. The molecule has 1 aromatic carbocycles. The number of carbonyl (C=O) groups excluding carboxylic acids is 1. The molecule has 0 spiro atoms. The van der Waals surface area contributed by atoms with Crippen molar-refractivity contribution in [3.8, 4) is 0 Å². The van der Waals surface area contributed by atoms with E-state index in [1.54, 1.807) is 36.2 Å². The highest BCUT2D eigenvalue weighted by Crippen LogP contribution is 2.42. The molecule has 1 unspecified atom stereocenters. The highest BCUT2D eigenvalue weighted by Gasteiger charge is 2.33. The molecular formula is C21H29N3O3S. The predicted molar refractivity (Wildman–Crippen MR) is 109 cm³/mol. The summed E-state index contributed by atoms with van der Waals surface area (Å²) in [6, 6.07) is 8.41. The van der Waals surface area contributed by atoms with Crippen LogP contribution in [0.5, 0.6) is 0 Å². The lowest BCUT2D eigenvalue weighted by atomic mass is 10.1. The Hall–Kier alpha value is -2.15. The highest BCUT2D eigenvalue weighted by atomic mass is 32.2. The van der Waals surface area contributed by atoms with E-state index in [4.69, 9.17) is 0 Å². The molecule has 1 saturated carbocycles. The summed E-state index contributed by atoms with van der Waals surface area (Å²) in [6.45, 7) is 8.21. The van der Waals surface area contributed by atoms with Crippen molar-refractivity contribution in [3.63, 3.8) is 0 Å². The van der Waals surface area contributed by atoms with E-state index in [9.17, 15) is 13.2 Å². The van der Waals surface area contributed by atoms with Crippen molar-refractivity contribution in [1.29, 1.82) is 0 Å². The Morgan fingerprint density at radius 2 is 1.79 bits per heavy atom. The number of nitrogens with zero attached hydrogens (tertiary/aromatic N) is 3. The molecule has 1 aromatic heterocycles. The van der Waals surface area contributed by atoms with Gasteiger partial charge in [-0.05, 0) is 64.3 Å². The number of sulfone groups is 1. The van der Waals surface area contributed by atoms with Crippen LogP contribution >= 0.6 is 0 Å². The zero-order valence-electron chi connectivity index (χ0n) is 17.4. The fraction of sp³-hybridized carbons (Fsp3) is 0.524. The van der Waals surface area contributed by atoms with E-state index in [1.807, 2.05) is 17.7 Å². The number of hydrogen-bond acceptors (Lipinski definition) is 4. The third-order valence-corrected chi connectivity index (χ3v) is 6.41. The summed E-state index contributed by atoms with van der Waals surface area (Å²) < 4.78 is 25.3. The minimum absolute atomic E-state index is 0.135. The molecule has 1 heterocycles. The minimum atomic E-state index is -3.24. The van der Waals surface area contributed by atoms with E-state index in [0.29, 0.717) is 11.6 Å². The number of benzene rings is 1. The fourth-order valence-corrected chi connectivity index (χ4v) is 3.91. The normalized spacial score (nSPS) is 16.1. The second-order valence-electron chi connectivity index (χ2n) is 8.74. The van der Waals surface area contributed by atoms with Crippen LogP contribution in [0.15, 0.2) is 35.2 Å². The van der Waals surface area contributed by atoms with Crippen LogP contribution in [0.1, 0.15) is 74.2 Å². The number of amides is 1. The van der Waals surface area contributed by atoms with Gasteiger partial charge in [0.05, 0.1) is 16.5 Å². The molecule has 0 aliphatic heterocycles. The summed E-state index contributed by atoms with van der Waals surface area (Å²) in [5.74, 6) is 0.365. The Labute approximate surface area is 167 Å². The monoisotopic (exact) mass is 403 g/mol. The van der Waals surface area contributed by atoms with E-state index in [-0.39, 0.29) is 22.4 Å². The van der Waals surface area contributed by atoms with E-state index >= 15 is 0 Å². The Kier molecular flexibility index (Phi) is 5.17. The van der Waals surface area contributed by atoms with Crippen LogP contribution in [-0.4, -0.2) is 42.3 Å². The summed E-state index contributed by atoms with van der Waals surface area (Å²) in [7, 11) is -1.48. The van der Waals surface area contributed by atoms with Crippen molar-refractivity contribution in [2.75, 3.05) is 13.3 Å². The first kappa shape index (κ1) is 20.6. The third kappa shape index (κ3) is 4.14. The van der Waals surface area contributed by atoms with Crippen LogP contribution in [-0.2, 0) is 15.4 Å². The smallest absolute Gasteiger partial charge is 0.274 e. The molecule has 2 aromatic rings. The molecule has 7 heteroatoms. The molecule has 1 atom stereocenters. The summed E-state index contributed by atoms with van der Waals surface area (Å²) in [6.07, 6.45) is 3.48. The number of hydrogen-bond donors (Lipinski definition) is 0. The van der Waals surface area contributed by atoms with E-state index in [1.165, 1.54) is 6.26 Å². The van der Waals surface area contributed by atoms with Gasteiger partial charge in [-0.25, -0.2) is 8.42 Å². The first-order chi connectivity index (χ1) is 12.9. The van der Waals surface area contributed by atoms with Gasteiger partial charge in [-0.3, -0.25) is 9.48 Å². The molecule has 1 amide bonds. The lowest BCUT2D eigenvalue weighted by Crippen LogP contribution is -2.31. The fourth-order valence-electron chi connectivity index (χ4n) is 3.28. The van der Waals surface area contributed by atoms with E-state index < -0.39 is 9.84 Å². The average Bonchev–Trinajstić information content (AvgIpc) is 3.36. The maximum Gasteiger partial charge on any atom is 0.274 e. The molecular weight excluding hydrogens is 374 g/mol. The minimum Gasteiger partial charge on any atom is -0.334 e. The maximum atomic E-state index is 13.1. The largest absolute Gasteiger partial charge is 0.334 e. The Morgan fingerprint density at radius 1 is 1.21 bits per heavy atom. The molecule has 0 N–H and O–H groups in total. The summed E-state index contributed by atoms with van der Waals surface area (Å²) in [5, 5.41) is 4.63. The van der Waals surface area contributed by atoms with Crippen LogP contribution in [0.2, 0.25) is 0 Å². The topological polar surface area (TPSA) is 72.3 Å². The SMILES string of the molecule is CC(c1ccc(S(C)(=O)=O)cc1)N(C)C(=O)c1cc(C2CC2)n(C(C)(C)C)n1. The van der Waals surface area contributed by atoms with Crippen molar-refractivity contribution >= 4 is 15.7 Å². The Balaban J connectivity index is 1.84. The molecule has 1 fully saturated rings. The Morgan fingerprint density at radius 3 is 2.25 bits per heavy atom. The van der Waals surface area contributed by atoms with Gasteiger partial charge in [0.2, 0.25) is 0 Å². The van der Waals surface area contributed by atoms with Crippen LogP contribution in [0, 0.1) is 0 Å². The van der Waals surface area contributed by atoms with Gasteiger partial charge in [0.1, 0.15) is 0 Å². The van der Waals surface area contributed by atoms with Gasteiger partial charge in [-0.1, -0.05) is 12.1 Å². The molecule has 152 valence electrons. The van der Waals surface area contributed by atoms with Crippen LogP contribution in [0.25, 0.3) is 0 Å². The third-order valence-electron chi connectivity index (χ3n) is 5.28. The van der Waals surface area contributed by atoms with Crippen molar-refractivity contribution in [1.82, 2.24) is 14.7 Å². The first-order valence-electron chi connectivity index (χ1n) is 9.57. The summed E-state index contributed by atoms with van der Waals surface area (Å²) >= 11 is 0. The molecule has 28 heavy (non-hydrogen) atoms. The van der Waals surface area contributed by atoms with Crippen LogP contribution < -0.4 is 0 Å². The van der Waals surface area contributed by atoms with Gasteiger partial charge in [-0.2, -0.15) is 5.10 Å². The maximum absolute atomic E-state index is 13.1. The van der Waals surface area contributed by atoms with E-state index in [0.717, 1.165) is 24.1 Å². The second kappa shape index (κ2) is 7.03. The van der Waals surface area contributed by atoms with Gasteiger partial charge in [0.15, 0.2) is 15.5 Å². The van der Waals surface area contributed by atoms with Gasteiger partial charge in [0.25, 0.3) is 5.91 Å². The molecule has 0 saturated heterocycles. The van der Waals surface area contributed by atoms with Gasteiger partial charge >= 0.3 is 0 Å². The van der Waals surface area contributed by atoms with Gasteiger partial charge < -0.3 is 4.90 Å². The highest BCUT2D eigenvalue weighted by molar-refractivity contribution is 7.90. The average molecular weight is 404 g/mol. The van der Waals surface area contributed by atoms with Gasteiger partial charge in [0, 0.05) is 24.9 Å². The number of carbonyl (C=O) groups is 1. The first-order valence-corrected chi connectivity index (χ1v) is 11.5. The summed E-state index contributed by atoms with van der Waals surface area (Å²) in [4.78, 5) is 15.0. The number of rotatable bonds is 5. The molecule has 6 nitrogen and oxygen atoms in total. The molecule has 1 aliphatic rings. The standard InChI is InChI=1S/C21H29N3O3S/c1-14(15-9-11-17(12-10-15)28(6,26)27)23(5)20(25)18-13-19(16-7-8-16)24(22-18)21(2,3)4/h9-14,16H,7-8H2,1-6H3. The molecule has 0 bridgehead atoms. The van der Waals surface area contributed by atoms with Crippen molar-refractivity contribution in [2.24, 2.45) is 0 Å².